The largest absolute Gasteiger partial charge is 0.412 e. The first-order valence-corrected chi connectivity index (χ1v) is 1.97. The summed E-state index contributed by atoms with van der Waals surface area (Å²) in [6.45, 7) is 0. The third-order valence-corrected chi connectivity index (χ3v) is 1.01. The highest BCUT2D eigenvalue weighted by molar-refractivity contribution is 5.86. The molecule has 0 saturated heterocycles. The van der Waals surface area contributed by atoms with Gasteiger partial charge in [-0.3, -0.25) is 0 Å². The van der Waals surface area contributed by atoms with Crippen LogP contribution in [0.15, 0.2) is 0 Å². The zero-order chi connectivity index (χ0) is 4.62. The van der Waals surface area contributed by atoms with E-state index in [1.54, 1.807) is 0 Å². The molecule has 1 rings (SSSR count). The van der Waals surface area contributed by atoms with Gasteiger partial charge in [0.2, 0.25) is 0 Å². The Balaban J connectivity index is -0.0000000450. The lowest BCUT2D eigenvalue weighted by atomic mass is 10.4. The van der Waals surface area contributed by atoms with Crippen molar-refractivity contribution in [1.82, 2.24) is 0 Å². The van der Waals surface area contributed by atoms with Crippen molar-refractivity contribution in [3.05, 3.63) is 0 Å². The van der Waals surface area contributed by atoms with E-state index >= 15 is 0 Å². The van der Waals surface area contributed by atoms with E-state index in [1.165, 1.54) is 0 Å². The van der Waals surface area contributed by atoms with Crippen LogP contribution in [0.3, 0.4) is 0 Å². The Morgan fingerprint density at radius 3 is 1.50 bits per heavy atom. The Kier molecular flexibility index (Phi) is 16.6. The Bertz CT molecular complexity index is 110. The summed E-state index contributed by atoms with van der Waals surface area (Å²) < 4.78 is 0. The molecule has 64 valence electrons. The molecular formula is C4H11Cl3N2O. The highest BCUT2D eigenvalue weighted by Gasteiger charge is 2.38. The molecule has 1 saturated carbocycles. The fraction of sp³-hybridized carbons (Fsp3) is 0.750. The molecule has 0 aromatic carbocycles. The number of nitriles is 1. The molecule has 0 aromatic heterocycles. The maximum atomic E-state index is 8.09. The van der Waals surface area contributed by atoms with E-state index < -0.39 is 5.54 Å². The van der Waals surface area contributed by atoms with E-state index in [0.717, 1.165) is 12.8 Å². The van der Waals surface area contributed by atoms with Crippen molar-refractivity contribution in [2.24, 2.45) is 5.73 Å². The first-order chi connectivity index (χ1) is 2.77. The second kappa shape index (κ2) is 7.39. The van der Waals surface area contributed by atoms with Crippen LogP contribution in [0, 0.1) is 11.3 Å². The van der Waals surface area contributed by atoms with Gasteiger partial charge in [-0.1, -0.05) is 0 Å². The molecule has 1 aliphatic carbocycles. The van der Waals surface area contributed by atoms with Crippen LogP contribution in [-0.4, -0.2) is 11.0 Å². The van der Waals surface area contributed by atoms with E-state index in [2.05, 4.69) is 0 Å². The van der Waals surface area contributed by atoms with Crippen molar-refractivity contribution in [2.45, 2.75) is 18.4 Å². The minimum atomic E-state index is -0.403. The average Bonchev–Trinajstić information content (AvgIpc) is 2.22. The molecule has 0 heterocycles. The highest BCUT2D eigenvalue weighted by atomic mass is 35.5. The van der Waals surface area contributed by atoms with Crippen molar-refractivity contribution >= 4 is 37.2 Å². The molecule has 0 unspecified atom stereocenters. The molecule has 0 bridgehead atoms. The van der Waals surface area contributed by atoms with Gasteiger partial charge in [0.25, 0.3) is 0 Å². The van der Waals surface area contributed by atoms with Crippen LogP contribution in [0.2, 0.25) is 0 Å². The number of hydrogen-bond acceptors (Lipinski definition) is 2. The van der Waals surface area contributed by atoms with E-state index in [9.17, 15) is 0 Å². The van der Waals surface area contributed by atoms with Crippen LogP contribution in [0.4, 0.5) is 0 Å². The van der Waals surface area contributed by atoms with Gasteiger partial charge in [0.15, 0.2) is 0 Å². The molecule has 0 spiro atoms. The Labute approximate surface area is 78.5 Å². The monoisotopic (exact) mass is 208 g/mol. The second-order valence-electron chi connectivity index (χ2n) is 1.77. The number of nitrogens with two attached hydrogens (primary N) is 1. The van der Waals surface area contributed by atoms with Gasteiger partial charge >= 0.3 is 0 Å². The lowest BCUT2D eigenvalue weighted by Crippen LogP contribution is -2.17. The minimum absolute atomic E-state index is 0. The Morgan fingerprint density at radius 1 is 1.20 bits per heavy atom. The van der Waals surface area contributed by atoms with Crippen molar-refractivity contribution in [1.29, 1.82) is 5.26 Å². The van der Waals surface area contributed by atoms with Gasteiger partial charge in [0, 0.05) is 0 Å². The van der Waals surface area contributed by atoms with Crippen LogP contribution in [-0.2, 0) is 0 Å². The van der Waals surface area contributed by atoms with E-state index in [0.29, 0.717) is 0 Å². The van der Waals surface area contributed by atoms with Crippen LogP contribution < -0.4 is 5.73 Å². The van der Waals surface area contributed by atoms with E-state index in [4.69, 9.17) is 11.0 Å². The first kappa shape index (κ1) is 22.4. The van der Waals surface area contributed by atoms with Gasteiger partial charge in [-0.2, -0.15) is 5.26 Å². The summed E-state index contributed by atoms with van der Waals surface area (Å²) in [5, 5.41) is 8.09. The van der Waals surface area contributed by atoms with E-state index in [1.807, 2.05) is 6.07 Å². The molecular weight excluding hydrogens is 198 g/mol. The van der Waals surface area contributed by atoms with Gasteiger partial charge in [-0.15, -0.1) is 37.2 Å². The predicted molar refractivity (Wildman–Crippen MR) is 47.1 cm³/mol. The summed E-state index contributed by atoms with van der Waals surface area (Å²) in [7, 11) is 0. The number of hydrogen-bond donors (Lipinski definition) is 1. The van der Waals surface area contributed by atoms with Crippen molar-refractivity contribution < 1.29 is 5.48 Å². The zero-order valence-corrected chi connectivity index (χ0v) is 7.61. The molecule has 1 aliphatic rings. The molecule has 3 nitrogen and oxygen atoms in total. The van der Waals surface area contributed by atoms with Crippen molar-refractivity contribution in [3.63, 3.8) is 0 Å². The smallest absolute Gasteiger partial charge is 0.104 e. The molecule has 0 amide bonds. The second-order valence-corrected chi connectivity index (χ2v) is 1.77. The molecule has 0 atom stereocenters. The van der Waals surface area contributed by atoms with Gasteiger partial charge in [0.1, 0.15) is 5.54 Å². The number of rotatable bonds is 0. The summed E-state index contributed by atoms with van der Waals surface area (Å²) in [5.74, 6) is 0. The summed E-state index contributed by atoms with van der Waals surface area (Å²) in [6, 6.07) is 1.99. The van der Waals surface area contributed by atoms with Crippen molar-refractivity contribution in [2.75, 3.05) is 0 Å². The lowest BCUT2D eigenvalue weighted by molar-refractivity contribution is 0.824. The van der Waals surface area contributed by atoms with Gasteiger partial charge in [-0.05, 0) is 12.8 Å². The molecule has 1 fully saturated rings. The van der Waals surface area contributed by atoms with Crippen LogP contribution in [0.1, 0.15) is 12.8 Å². The predicted octanol–water partition coefficient (Wildman–Crippen LogP) is 0.442. The van der Waals surface area contributed by atoms with Gasteiger partial charge in [0.05, 0.1) is 6.07 Å². The topological polar surface area (TPSA) is 81.3 Å². The summed E-state index contributed by atoms with van der Waals surface area (Å²) >= 11 is 0. The minimum Gasteiger partial charge on any atom is -0.412 e. The van der Waals surface area contributed by atoms with Gasteiger partial charge in [-0.25, -0.2) is 0 Å². The molecule has 10 heavy (non-hydrogen) atoms. The Morgan fingerprint density at radius 2 is 1.50 bits per heavy atom. The van der Waals surface area contributed by atoms with Crippen LogP contribution >= 0.6 is 37.2 Å². The SMILES string of the molecule is Cl.Cl.Cl.N#CC1(N)CC1.O. The fourth-order valence-electron chi connectivity index (χ4n) is 0.246. The lowest BCUT2D eigenvalue weighted by Gasteiger charge is -1.84. The molecule has 4 N–H and O–H groups in total. The Hall–Kier alpha value is 0.280. The van der Waals surface area contributed by atoms with Crippen molar-refractivity contribution in [3.8, 4) is 6.07 Å². The summed E-state index contributed by atoms with van der Waals surface area (Å²) in [4.78, 5) is 0. The van der Waals surface area contributed by atoms with Crippen LogP contribution in [0.25, 0.3) is 0 Å². The average molecular weight is 210 g/mol. The first-order valence-electron chi connectivity index (χ1n) is 1.97. The quantitative estimate of drug-likeness (QED) is 0.628. The number of halogens is 3. The number of nitrogens with zero attached hydrogens (tertiary/aromatic N) is 1. The maximum Gasteiger partial charge on any atom is 0.104 e. The molecule has 0 radical (unpaired) electrons. The normalized spacial score (nSPS) is 15.2. The highest BCUT2D eigenvalue weighted by Crippen LogP contribution is 2.30. The molecule has 6 heteroatoms. The standard InChI is InChI=1S/C4H6N2.3ClH.H2O/c5-3-4(6)1-2-4;;;;/h1-2,6H2;3*1H;1H2. The molecule has 0 aliphatic heterocycles. The summed E-state index contributed by atoms with van der Waals surface area (Å²) in [5.41, 5.74) is 4.88. The third-order valence-electron chi connectivity index (χ3n) is 1.01. The molecule has 0 aromatic rings. The van der Waals surface area contributed by atoms with Gasteiger partial charge < -0.3 is 11.2 Å². The summed E-state index contributed by atoms with van der Waals surface area (Å²) in [6.07, 6.45) is 1.78. The third kappa shape index (κ3) is 6.40. The zero-order valence-electron chi connectivity index (χ0n) is 5.16. The fourth-order valence-corrected chi connectivity index (χ4v) is 0.246. The maximum absolute atomic E-state index is 8.09. The van der Waals surface area contributed by atoms with E-state index in [-0.39, 0.29) is 42.7 Å². The van der Waals surface area contributed by atoms with Crippen LogP contribution in [0.5, 0.6) is 0 Å².